The van der Waals surface area contributed by atoms with Crippen LogP contribution in [0, 0.1) is 12.3 Å². The molecule has 1 atom stereocenters. The normalized spacial score (nSPS) is 16.8. The van der Waals surface area contributed by atoms with Gasteiger partial charge in [-0.2, -0.15) is 0 Å². The Kier molecular flexibility index (Phi) is 7.03. The molecule has 0 radical (unpaired) electrons. The van der Waals surface area contributed by atoms with Crippen molar-refractivity contribution in [3.63, 3.8) is 0 Å². The van der Waals surface area contributed by atoms with E-state index in [-0.39, 0.29) is 10.5 Å². The number of anilines is 1. The Bertz CT molecular complexity index is 775. The summed E-state index contributed by atoms with van der Waals surface area (Å²) in [5, 5.41) is 21.1. The van der Waals surface area contributed by atoms with E-state index >= 15 is 0 Å². The highest BCUT2D eigenvalue weighted by atomic mass is 32.1. The number of thiazole rings is 1. The smallest absolute Gasteiger partial charge is 0.194 e. The van der Waals surface area contributed by atoms with E-state index in [1.54, 1.807) is 6.92 Å². The molecule has 0 saturated carbocycles. The van der Waals surface area contributed by atoms with Crippen LogP contribution in [0.15, 0.2) is 24.3 Å². The molecule has 0 amide bonds. The molecular weight excluding hydrogens is 386 g/mol. The average molecular weight is 420 g/mol. The third kappa shape index (κ3) is 6.32. The molecule has 3 rings (SSSR count). The van der Waals surface area contributed by atoms with Gasteiger partial charge in [-0.25, -0.2) is 4.98 Å². The molecule has 1 aliphatic rings. The third-order valence-electron chi connectivity index (χ3n) is 4.93. The number of hydrogen-bond donors (Lipinski definition) is 2. The van der Waals surface area contributed by atoms with Crippen LogP contribution in [-0.2, 0) is 6.42 Å². The monoisotopic (exact) mass is 419 g/mol. The third-order valence-corrected chi connectivity index (χ3v) is 5.92. The Labute approximate surface area is 177 Å². The Morgan fingerprint density at radius 2 is 1.86 bits per heavy atom. The maximum absolute atomic E-state index is 10.4. The number of aryl methyl sites for hydroxylation is 1. The van der Waals surface area contributed by atoms with Crippen LogP contribution in [0.4, 0.5) is 5.69 Å². The molecular formula is C22H33N3O3S. The lowest BCUT2D eigenvalue weighted by Crippen LogP contribution is -2.49. The molecule has 2 heterocycles. The van der Waals surface area contributed by atoms with Gasteiger partial charge < -0.3 is 19.8 Å². The summed E-state index contributed by atoms with van der Waals surface area (Å²) in [5.41, 5.74) is 1.90. The molecule has 6 nitrogen and oxygen atoms in total. The highest BCUT2D eigenvalue weighted by molar-refractivity contribution is 7.13. The molecule has 1 unspecified atom stereocenters. The Morgan fingerprint density at radius 1 is 1.17 bits per heavy atom. The fourth-order valence-corrected chi connectivity index (χ4v) is 4.28. The number of piperazine rings is 1. The van der Waals surface area contributed by atoms with Gasteiger partial charge in [-0.1, -0.05) is 44.2 Å². The molecule has 1 saturated heterocycles. The van der Waals surface area contributed by atoms with Crippen LogP contribution >= 0.6 is 11.3 Å². The van der Waals surface area contributed by atoms with Gasteiger partial charge in [0.1, 0.15) is 5.75 Å². The highest BCUT2D eigenvalue weighted by Crippen LogP contribution is 2.30. The maximum Gasteiger partial charge on any atom is 0.194 e. The highest BCUT2D eigenvalue weighted by Gasteiger charge is 2.23. The molecule has 2 N–H and O–H groups in total. The van der Waals surface area contributed by atoms with Crippen molar-refractivity contribution in [1.82, 2.24) is 9.88 Å². The van der Waals surface area contributed by atoms with Gasteiger partial charge in [0.15, 0.2) is 5.06 Å². The molecule has 1 aromatic carbocycles. The molecule has 1 aromatic heterocycles. The second-order valence-electron chi connectivity index (χ2n) is 8.96. The maximum atomic E-state index is 10.4. The fourth-order valence-electron chi connectivity index (χ4n) is 3.40. The van der Waals surface area contributed by atoms with E-state index in [2.05, 4.69) is 47.7 Å². The number of rotatable bonds is 7. The number of aromatic nitrogens is 1. The van der Waals surface area contributed by atoms with Crippen LogP contribution in [0.5, 0.6) is 10.8 Å². The van der Waals surface area contributed by atoms with E-state index in [0.717, 1.165) is 42.6 Å². The van der Waals surface area contributed by atoms with Crippen molar-refractivity contribution in [2.24, 2.45) is 5.41 Å². The first-order valence-corrected chi connectivity index (χ1v) is 11.1. The van der Waals surface area contributed by atoms with E-state index in [1.807, 2.05) is 12.1 Å². The van der Waals surface area contributed by atoms with Crippen molar-refractivity contribution in [2.75, 3.05) is 44.2 Å². The van der Waals surface area contributed by atoms with Gasteiger partial charge in [-0.15, -0.1) is 0 Å². The molecule has 160 valence electrons. The predicted octanol–water partition coefficient (Wildman–Crippen LogP) is 3.31. The first-order chi connectivity index (χ1) is 13.7. The van der Waals surface area contributed by atoms with Crippen molar-refractivity contribution in [2.45, 2.75) is 40.2 Å². The zero-order chi connectivity index (χ0) is 21.0. The number of ether oxygens (including phenoxy) is 1. The van der Waals surface area contributed by atoms with Crippen LogP contribution in [0.1, 0.15) is 31.5 Å². The van der Waals surface area contributed by atoms with Gasteiger partial charge in [0, 0.05) is 39.1 Å². The lowest BCUT2D eigenvalue weighted by Gasteiger charge is -2.37. The van der Waals surface area contributed by atoms with Gasteiger partial charge in [-0.3, -0.25) is 4.90 Å². The number of aliphatic hydroxyl groups excluding tert-OH is 1. The number of para-hydroxylation sites is 2. The lowest BCUT2D eigenvalue weighted by molar-refractivity contribution is 0.109. The summed E-state index contributed by atoms with van der Waals surface area (Å²) in [5.74, 6) is 0.940. The molecule has 7 heteroatoms. The van der Waals surface area contributed by atoms with Crippen molar-refractivity contribution >= 4 is 17.0 Å². The molecule has 1 aliphatic heterocycles. The van der Waals surface area contributed by atoms with Crippen molar-refractivity contribution < 1.29 is 14.9 Å². The van der Waals surface area contributed by atoms with Gasteiger partial charge >= 0.3 is 0 Å². The largest absolute Gasteiger partial charge is 0.498 e. The topological polar surface area (TPSA) is 69.1 Å². The minimum atomic E-state index is -0.478. The number of nitrogens with zero attached hydrogens (tertiary/aromatic N) is 3. The summed E-state index contributed by atoms with van der Waals surface area (Å²) < 4.78 is 6.10. The number of β-amino-alcohol motifs (C(OH)–C–C–N with tert-alkyl or cyclic N) is 1. The Hall–Kier alpha value is -1.83. The Morgan fingerprint density at radius 3 is 2.48 bits per heavy atom. The van der Waals surface area contributed by atoms with E-state index in [4.69, 9.17) is 4.74 Å². The van der Waals surface area contributed by atoms with E-state index in [0.29, 0.717) is 25.3 Å². The molecule has 0 aliphatic carbocycles. The summed E-state index contributed by atoms with van der Waals surface area (Å²) in [6, 6.07) is 8.25. The summed E-state index contributed by atoms with van der Waals surface area (Å²) in [4.78, 5) is 8.96. The SMILES string of the molecule is Cc1nc(CC(O)CN2CCN(c3ccccc3OCC(C)(C)C)CC2)sc1O. The molecule has 2 aromatic rings. The molecule has 29 heavy (non-hydrogen) atoms. The van der Waals surface area contributed by atoms with E-state index in [1.165, 1.54) is 11.3 Å². The first kappa shape index (κ1) is 21.9. The number of benzene rings is 1. The Balaban J connectivity index is 1.51. The predicted molar refractivity (Wildman–Crippen MR) is 118 cm³/mol. The van der Waals surface area contributed by atoms with Crippen molar-refractivity contribution in [1.29, 1.82) is 0 Å². The average Bonchev–Trinajstić information content (AvgIpc) is 2.97. The van der Waals surface area contributed by atoms with Crippen molar-refractivity contribution in [3.8, 4) is 10.8 Å². The lowest BCUT2D eigenvalue weighted by atomic mass is 9.99. The van der Waals surface area contributed by atoms with Crippen LogP contribution in [0.25, 0.3) is 0 Å². The van der Waals surface area contributed by atoms with Gasteiger partial charge in [0.2, 0.25) is 0 Å². The van der Waals surface area contributed by atoms with Crippen LogP contribution in [0.2, 0.25) is 0 Å². The molecule has 1 fully saturated rings. The minimum Gasteiger partial charge on any atom is -0.498 e. The minimum absolute atomic E-state index is 0.120. The second kappa shape index (κ2) is 9.32. The van der Waals surface area contributed by atoms with Gasteiger partial charge in [-0.05, 0) is 24.5 Å². The van der Waals surface area contributed by atoms with Gasteiger partial charge in [0.05, 0.1) is 29.1 Å². The zero-order valence-corrected chi connectivity index (χ0v) is 18.7. The number of aromatic hydroxyl groups is 1. The van der Waals surface area contributed by atoms with E-state index < -0.39 is 6.10 Å². The van der Waals surface area contributed by atoms with Crippen LogP contribution < -0.4 is 9.64 Å². The van der Waals surface area contributed by atoms with E-state index in [9.17, 15) is 10.2 Å². The number of aliphatic hydroxyl groups is 1. The molecule has 0 spiro atoms. The quantitative estimate of drug-likeness (QED) is 0.718. The van der Waals surface area contributed by atoms with Gasteiger partial charge in [0.25, 0.3) is 0 Å². The first-order valence-electron chi connectivity index (χ1n) is 10.2. The summed E-state index contributed by atoms with van der Waals surface area (Å²) in [6.07, 6.45) is 0.00404. The second-order valence-corrected chi connectivity index (χ2v) is 10.0. The van der Waals surface area contributed by atoms with Crippen LogP contribution in [-0.4, -0.2) is 65.5 Å². The zero-order valence-electron chi connectivity index (χ0n) is 17.9. The molecule has 0 bridgehead atoms. The number of hydrogen-bond acceptors (Lipinski definition) is 7. The van der Waals surface area contributed by atoms with Crippen LogP contribution in [0.3, 0.4) is 0 Å². The summed E-state index contributed by atoms with van der Waals surface area (Å²) in [7, 11) is 0. The standard InChI is InChI=1S/C22H33N3O3S/c1-16-21(27)29-20(23-16)13-17(26)14-24-9-11-25(12-10-24)18-7-5-6-8-19(18)28-15-22(2,3)4/h5-8,17,26-27H,9-15H2,1-4H3. The van der Waals surface area contributed by atoms with Crippen molar-refractivity contribution in [3.05, 3.63) is 35.0 Å². The fraction of sp³-hybridized carbons (Fsp3) is 0.591. The summed E-state index contributed by atoms with van der Waals surface area (Å²) >= 11 is 1.25. The summed E-state index contributed by atoms with van der Waals surface area (Å²) in [6.45, 7) is 13.2.